The predicted octanol–water partition coefficient (Wildman–Crippen LogP) is 5.05. The van der Waals surface area contributed by atoms with Crippen molar-refractivity contribution >= 4 is 23.4 Å². The summed E-state index contributed by atoms with van der Waals surface area (Å²) in [7, 11) is 1.58. The number of nitrogens with zero attached hydrogens (tertiary/aromatic N) is 2. The molecule has 198 valence electrons. The van der Waals surface area contributed by atoms with Gasteiger partial charge >= 0.3 is 0 Å². The molecule has 0 radical (unpaired) electrons. The number of benzene rings is 3. The smallest absolute Gasteiger partial charge is 0.258 e. The van der Waals surface area contributed by atoms with Crippen LogP contribution in [0.3, 0.4) is 0 Å². The molecule has 2 saturated heterocycles. The average Bonchev–Trinajstić information content (AvgIpc) is 3.50. The van der Waals surface area contributed by atoms with Crippen LogP contribution in [-0.2, 0) is 0 Å². The average molecular weight is 536 g/mol. The van der Waals surface area contributed by atoms with E-state index in [4.69, 9.17) is 16.3 Å². The van der Waals surface area contributed by atoms with E-state index in [1.54, 1.807) is 30.2 Å². The molecule has 6 nitrogen and oxygen atoms in total. The molecule has 1 N–H and O–H groups in total. The zero-order valence-corrected chi connectivity index (χ0v) is 22.0. The first-order valence-corrected chi connectivity index (χ1v) is 13.3. The third-order valence-corrected chi connectivity index (χ3v) is 7.91. The second kappa shape index (κ2) is 11.5. The van der Waals surface area contributed by atoms with Gasteiger partial charge in [-0.3, -0.25) is 9.59 Å². The van der Waals surface area contributed by atoms with Crippen molar-refractivity contribution in [3.05, 3.63) is 100 Å². The molecule has 2 unspecified atom stereocenters. The highest BCUT2D eigenvalue weighted by molar-refractivity contribution is 6.33. The monoisotopic (exact) mass is 535 g/mol. The van der Waals surface area contributed by atoms with E-state index in [2.05, 4.69) is 10.2 Å². The van der Waals surface area contributed by atoms with Gasteiger partial charge in [-0.05, 0) is 54.2 Å². The van der Waals surface area contributed by atoms with Gasteiger partial charge in [0.1, 0.15) is 11.6 Å². The summed E-state index contributed by atoms with van der Waals surface area (Å²) in [4.78, 5) is 30.2. The molecule has 0 spiro atoms. The van der Waals surface area contributed by atoms with Crippen molar-refractivity contribution in [3.8, 4) is 5.75 Å². The molecule has 0 saturated carbocycles. The summed E-state index contributed by atoms with van der Waals surface area (Å²) < 4.78 is 19.6. The van der Waals surface area contributed by atoms with E-state index >= 15 is 0 Å². The van der Waals surface area contributed by atoms with Gasteiger partial charge in [0.05, 0.1) is 23.7 Å². The molecule has 3 aromatic rings. The molecular formula is C30H31ClFN3O3. The Morgan fingerprint density at radius 3 is 2.39 bits per heavy atom. The molecule has 0 aromatic heterocycles. The Balaban J connectivity index is 1.20. The Kier molecular flexibility index (Phi) is 7.95. The molecule has 2 fully saturated rings. The summed E-state index contributed by atoms with van der Waals surface area (Å²) in [5.74, 6) is 0.263. The minimum atomic E-state index is -0.580. The number of methoxy groups -OCH3 is 1. The summed E-state index contributed by atoms with van der Waals surface area (Å²) in [6.07, 6.45) is 0.757. The number of hydrogen-bond acceptors (Lipinski definition) is 4. The highest BCUT2D eigenvalue weighted by Crippen LogP contribution is 2.34. The van der Waals surface area contributed by atoms with E-state index in [0.29, 0.717) is 36.2 Å². The minimum absolute atomic E-state index is 0.0384. The summed E-state index contributed by atoms with van der Waals surface area (Å²) in [6.45, 7) is 3.74. The standard InChI is InChI=1S/C30H31ClFN3O3/c1-38-24-10-5-9-21(15-24)29(36)33-27(20-7-3-2-4-8-20)13-14-34-16-22-18-35(19-23(22)17-34)30(37)28-25(31)11-6-12-26(28)32/h2-12,15,22-23,27H,13-14,16-19H2,1H3,(H,33,36)/t22?,23?,27-/m0/s1. The van der Waals surface area contributed by atoms with E-state index in [0.717, 1.165) is 31.6 Å². The van der Waals surface area contributed by atoms with Crippen LogP contribution in [0, 0.1) is 17.7 Å². The Morgan fingerprint density at radius 1 is 1.00 bits per heavy atom. The molecule has 2 aliphatic heterocycles. The maximum Gasteiger partial charge on any atom is 0.258 e. The number of rotatable bonds is 8. The fourth-order valence-electron chi connectivity index (χ4n) is 5.62. The van der Waals surface area contributed by atoms with Gasteiger partial charge in [-0.2, -0.15) is 0 Å². The third-order valence-electron chi connectivity index (χ3n) is 7.60. The summed E-state index contributed by atoms with van der Waals surface area (Å²) >= 11 is 6.13. The van der Waals surface area contributed by atoms with Crippen molar-refractivity contribution in [3.63, 3.8) is 0 Å². The van der Waals surface area contributed by atoms with Crippen LogP contribution in [0.4, 0.5) is 4.39 Å². The SMILES string of the molecule is COc1cccc(C(=O)N[C@@H](CCN2CC3CN(C(=O)c4c(F)cccc4Cl)CC3C2)c2ccccc2)c1. The Bertz CT molecular complexity index is 1270. The van der Waals surface area contributed by atoms with Gasteiger partial charge in [-0.15, -0.1) is 0 Å². The lowest BCUT2D eigenvalue weighted by Gasteiger charge is -2.25. The second-order valence-corrected chi connectivity index (χ2v) is 10.5. The van der Waals surface area contributed by atoms with Crippen LogP contribution in [0.2, 0.25) is 5.02 Å². The number of fused-ring (bicyclic) bond motifs is 1. The predicted molar refractivity (Wildman–Crippen MR) is 145 cm³/mol. The van der Waals surface area contributed by atoms with Crippen LogP contribution in [0.5, 0.6) is 5.75 Å². The third kappa shape index (κ3) is 5.69. The fourth-order valence-corrected chi connectivity index (χ4v) is 5.87. The minimum Gasteiger partial charge on any atom is -0.497 e. The van der Waals surface area contributed by atoms with Crippen molar-refractivity contribution in [2.24, 2.45) is 11.8 Å². The first-order chi connectivity index (χ1) is 18.4. The summed E-state index contributed by atoms with van der Waals surface area (Å²) in [5.41, 5.74) is 1.57. The molecule has 3 aromatic carbocycles. The number of hydrogen-bond donors (Lipinski definition) is 1. The van der Waals surface area contributed by atoms with Gasteiger partial charge in [0.25, 0.3) is 11.8 Å². The molecule has 3 atom stereocenters. The number of halogens is 2. The van der Waals surface area contributed by atoms with E-state index in [1.807, 2.05) is 42.5 Å². The van der Waals surface area contributed by atoms with Crippen LogP contribution in [0.15, 0.2) is 72.8 Å². The molecule has 2 amide bonds. The van der Waals surface area contributed by atoms with Crippen LogP contribution >= 0.6 is 11.6 Å². The molecule has 38 heavy (non-hydrogen) atoms. The van der Waals surface area contributed by atoms with Gasteiger partial charge in [0.2, 0.25) is 0 Å². The lowest BCUT2D eigenvalue weighted by Crippen LogP contribution is -2.35. The number of ether oxygens (including phenoxy) is 1. The number of likely N-dealkylation sites (tertiary alicyclic amines) is 2. The Labute approximate surface area is 227 Å². The van der Waals surface area contributed by atoms with E-state index in [-0.39, 0.29) is 28.4 Å². The molecule has 0 bridgehead atoms. The maximum atomic E-state index is 14.3. The van der Waals surface area contributed by atoms with Crippen molar-refractivity contribution in [1.82, 2.24) is 15.1 Å². The maximum absolute atomic E-state index is 14.3. The molecule has 8 heteroatoms. The number of amides is 2. The largest absolute Gasteiger partial charge is 0.497 e. The first kappa shape index (κ1) is 26.2. The second-order valence-electron chi connectivity index (χ2n) is 10.0. The summed E-state index contributed by atoms with van der Waals surface area (Å²) in [6, 6.07) is 21.3. The quantitative estimate of drug-likeness (QED) is 0.438. The zero-order valence-electron chi connectivity index (χ0n) is 21.3. The van der Waals surface area contributed by atoms with Crippen molar-refractivity contribution < 1.29 is 18.7 Å². The molecule has 2 aliphatic rings. The van der Waals surface area contributed by atoms with Crippen molar-refractivity contribution in [2.45, 2.75) is 12.5 Å². The first-order valence-electron chi connectivity index (χ1n) is 12.9. The summed E-state index contributed by atoms with van der Waals surface area (Å²) in [5, 5.41) is 3.35. The zero-order chi connectivity index (χ0) is 26.6. The van der Waals surface area contributed by atoms with E-state index in [9.17, 15) is 14.0 Å². The highest BCUT2D eigenvalue weighted by atomic mass is 35.5. The van der Waals surface area contributed by atoms with Crippen LogP contribution in [-0.4, -0.2) is 61.4 Å². The van der Waals surface area contributed by atoms with Crippen LogP contribution in [0.1, 0.15) is 38.7 Å². The van der Waals surface area contributed by atoms with Gasteiger partial charge < -0.3 is 19.9 Å². The lowest BCUT2D eigenvalue weighted by atomic mass is 10.0. The topological polar surface area (TPSA) is 61.9 Å². The van der Waals surface area contributed by atoms with Crippen LogP contribution in [0.25, 0.3) is 0 Å². The number of carbonyl (C=O) groups is 2. The van der Waals surface area contributed by atoms with Gasteiger partial charge in [0.15, 0.2) is 0 Å². The normalized spacial score (nSPS) is 19.7. The lowest BCUT2D eigenvalue weighted by molar-refractivity contribution is 0.0769. The number of carbonyl (C=O) groups excluding carboxylic acids is 2. The van der Waals surface area contributed by atoms with Crippen LogP contribution < -0.4 is 10.1 Å². The van der Waals surface area contributed by atoms with Gasteiger partial charge in [0, 0.05) is 38.3 Å². The molecule has 0 aliphatic carbocycles. The fraction of sp³-hybridized carbons (Fsp3) is 0.333. The number of nitrogens with one attached hydrogen (secondary N) is 1. The van der Waals surface area contributed by atoms with Gasteiger partial charge in [-0.1, -0.05) is 54.1 Å². The van der Waals surface area contributed by atoms with E-state index in [1.165, 1.54) is 12.1 Å². The Morgan fingerprint density at radius 2 is 1.71 bits per heavy atom. The van der Waals surface area contributed by atoms with Crippen molar-refractivity contribution in [1.29, 1.82) is 0 Å². The van der Waals surface area contributed by atoms with Gasteiger partial charge in [-0.25, -0.2) is 4.39 Å². The molecule has 5 rings (SSSR count). The highest BCUT2D eigenvalue weighted by Gasteiger charge is 2.42. The Hall–Kier alpha value is -3.42. The van der Waals surface area contributed by atoms with Crippen molar-refractivity contribution in [2.75, 3.05) is 39.8 Å². The molecular weight excluding hydrogens is 505 g/mol. The molecule has 2 heterocycles. The van der Waals surface area contributed by atoms with E-state index < -0.39 is 5.82 Å².